The van der Waals surface area contributed by atoms with Crippen LogP contribution in [0.25, 0.3) is 0 Å². The van der Waals surface area contributed by atoms with Crippen LogP contribution in [-0.2, 0) is 0 Å². The molecule has 2 amide bonds. The molecule has 1 unspecified atom stereocenters. The van der Waals surface area contributed by atoms with Crippen molar-refractivity contribution in [2.24, 2.45) is 5.92 Å². The maximum Gasteiger partial charge on any atom is 0.314 e. The molecule has 0 aromatic rings. The van der Waals surface area contributed by atoms with Crippen molar-refractivity contribution in [1.82, 2.24) is 10.6 Å². The molecule has 0 aromatic heterocycles. The molecule has 0 saturated heterocycles. The molecule has 0 bridgehead atoms. The highest BCUT2D eigenvalue weighted by atomic mass is 127. The molecular formula is C26H53IN2O. The summed E-state index contributed by atoms with van der Waals surface area (Å²) in [5.41, 5.74) is 0. The number of unbranched alkanes of at least 4 members (excludes halogenated alkanes) is 14. The molecule has 0 aliphatic rings. The lowest BCUT2D eigenvalue weighted by molar-refractivity contribution is 0.237. The molecule has 0 aliphatic carbocycles. The monoisotopic (exact) mass is 536 g/mol. The predicted molar refractivity (Wildman–Crippen MR) is 143 cm³/mol. The maximum absolute atomic E-state index is 12.2. The Hall–Kier alpha value is 0. The van der Waals surface area contributed by atoms with Crippen molar-refractivity contribution in [3.63, 3.8) is 0 Å². The van der Waals surface area contributed by atoms with E-state index in [1.807, 2.05) is 0 Å². The van der Waals surface area contributed by atoms with Crippen molar-refractivity contribution in [1.29, 1.82) is 0 Å². The van der Waals surface area contributed by atoms with Crippen LogP contribution >= 0.6 is 22.6 Å². The minimum atomic E-state index is 0.0403. The van der Waals surface area contributed by atoms with Crippen LogP contribution in [0.15, 0.2) is 0 Å². The van der Waals surface area contributed by atoms with Crippen molar-refractivity contribution in [2.45, 2.75) is 136 Å². The number of urea groups is 1. The fourth-order valence-corrected chi connectivity index (χ4v) is 4.57. The summed E-state index contributed by atoms with van der Waals surface area (Å²) in [6.45, 7) is 6.21. The maximum atomic E-state index is 12.2. The van der Waals surface area contributed by atoms with Crippen molar-refractivity contribution in [3.05, 3.63) is 0 Å². The Kier molecular flexibility index (Phi) is 25.3. The number of hydrogen-bond donors (Lipinski definition) is 2. The smallest absolute Gasteiger partial charge is 0.314 e. The lowest BCUT2D eigenvalue weighted by Crippen LogP contribution is -2.38. The van der Waals surface area contributed by atoms with E-state index in [1.165, 1.54) is 120 Å². The Labute approximate surface area is 202 Å². The zero-order valence-corrected chi connectivity index (χ0v) is 22.6. The Morgan fingerprint density at radius 1 is 0.633 bits per heavy atom. The van der Waals surface area contributed by atoms with Crippen LogP contribution in [-0.4, -0.2) is 23.5 Å². The zero-order valence-electron chi connectivity index (χ0n) is 20.4. The first-order chi connectivity index (χ1) is 14.7. The summed E-state index contributed by atoms with van der Waals surface area (Å²) in [6, 6.07) is 0.0403. The van der Waals surface area contributed by atoms with Crippen LogP contribution < -0.4 is 10.6 Å². The number of alkyl halides is 1. The second-order valence-electron chi connectivity index (χ2n) is 9.07. The topological polar surface area (TPSA) is 41.1 Å². The van der Waals surface area contributed by atoms with E-state index in [2.05, 4.69) is 47.1 Å². The average molecular weight is 537 g/mol. The summed E-state index contributed by atoms with van der Waals surface area (Å²) < 4.78 is 1.29. The molecule has 0 rings (SSSR count). The van der Waals surface area contributed by atoms with Crippen LogP contribution in [0.5, 0.6) is 0 Å². The van der Waals surface area contributed by atoms with E-state index in [9.17, 15) is 4.79 Å². The number of rotatable bonds is 23. The van der Waals surface area contributed by atoms with Gasteiger partial charge in [0.25, 0.3) is 0 Å². The molecule has 1 atom stereocenters. The number of amides is 2. The van der Waals surface area contributed by atoms with Crippen molar-refractivity contribution < 1.29 is 4.79 Å². The van der Waals surface area contributed by atoms with Crippen LogP contribution in [0.1, 0.15) is 136 Å². The van der Waals surface area contributed by atoms with E-state index < -0.39 is 0 Å². The van der Waals surface area contributed by atoms with E-state index in [4.69, 9.17) is 0 Å². The largest absolute Gasteiger partial charge is 0.338 e. The van der Waals surface area contributed by atoms with Gasteiger partial charge in [0.15, 0.2) is 0 Å². The van der Waals surface area contributed by atoms with Gasteiger partial charge < -0.3 is 10.6 Å². The molecule has 30 heavy (non-hydrogen) atoms. The van der Waals surface area contributed by atoms with Crippen LogP contribution in [0.4, 0.5) is 4.79 Å². The third-order valence-corrected chi connectivity index (χ3v) is 6.84. The minimum absolute atomic E-state index is 0.0403. The molecule has 4 heteroatoms. The second-order valence-corrected chi connectivity index (χ2v) is 10.2. The number of carbonyl (C=O) groups is 1. The standard InChI is InChI=1S/C26H53IN2O/c1-3-5-7-9-13-17-21-25(20-16-8-6-4-2)24-29-26(30)28-23-19-15-12-10-11-14-18-22-27/h25H,3-24H2,1-2H3,(H2,28,29,30). The highest BCUT2D eigenvalue weighted by Gasteiger charge is 2.10. The van der Waals surface area contributed by atoms with Crippen molar-refractivity contribution in [2.75, 3.05) is 17.5 Å². The molecule has 0 aromatic carbocycles. The first-order valence-electron chi connectivity index (χ1n) is 13.3. The molecule has 180 valence electrons. The van der Waals surface area contributed by atoms with Gasteiger partial charge in [-0.15, -0.1) is 0 Å². The fraction of sp³-hybridized carbons (Fsp3) is 0.962. The van der Waals surface area contributed by atoms with Crippen LogP contribution in [0.3, 0.4) is 0 Å². The van der Waals surface area contributed by atoms with Gasteiger partial charge in [-0.1, -0.05) is 133 Å². The van der Waals surface area contributed by atoms with E-state index in [1.54, 1.807) is 0 Å². The molecule has 0 heterocycles. The Morgan fingerprint density at radius 3 is 1.67 bits per heavy atom. The van der Waals surface area contributed by atoms with E-state index >= 15 is 0 Å². The van der Waals surface area contributed by atoms with E-state index in [-0.39, 0.29) is 6.03 Å². The first-order valence-corrected chi connectivity index (χ1v) is 14.8. The number of halogens is 1. The van der Waals surface area contributed by atoms with Crippen LogP contribution in [0.2, 0.25) is 0 Å². The molecule has 3 nitrogen and oxygen atoms in total. The molecule has 0 radical (unpaired) electrons. The molecular weight excluding hydrogens is 483 g/mol. The predicted octanol–water partition coefficient (Wildman–Crippen LogP) is 8.79. The van der Waals surface area contributed by atoms with Gasteiger partial charge >= 0.3 is 6.03 Å². The third-order valence-electron chi connectivity index (χ3n) is 6.08. The van der Waals surface area contributed by atoms with Gasteiger partial charge in [-0.2, -0.15) is 0 Å². The lowest BCUT2D eigenvalue weighted by Gasteiger charge is -2.18. The average Bonchev–Trinajstić information content (AvgIpc) is 2.75. The van der Waals surface area contributed by atoms with Crippen molar-refractivity contribution in [3.8, 4) is 0 Å². The molecule has 0 spiro atoms. The molecule has 0 fully saturated rings. The van der Waals surface area contributed by atoms with Gasteiger partial charge in [-0.3, -0.25) is 0 Å². The summed E-state index contributed by atoms with van der Waals surface area (Å²) in [5, 5.41) is 6.22. The van der Waals surface area contributed by atoms with Gasteiger partial charge in [-0.05, 0) is 36.0 Å². The van der Waals surface area contributed by atoms with Gasteiger partial charge in [0, 0.05) is 13.1 Å². The summed E-state index contributed by atoms with van der Waals surface area (Å²) in [7, 11) is 0. The number of nitrogens with one attached hydrogen (secondary N) is 2. The number of hydrogen-bond acceptors (Lipinski definition) is 1. The minimum Gasteiger partial charge on any atom is -0.338 e. The highest BCUT2D eigenvalue weighted by Crippen LogP contribution is 2.18. The molecule has 0 aliphatic heterocycles. The quantitative estimate of drug-likeness (QED) is 0.0765. The van der Waals surface area contributed by atoms with Gasteiger partial charge in [0.2, 0.25) is 0 Å². The van der Waals surface area contributed by atoms with Gasteiger partial charge in [0.1, 0.15) is 0 Å². The van der Waals surface area contributed by atoms with Crippen LogP contribution in [0, 0.1) is 5.92 Å². The summed E-state index contributed by atoms with van der Waals surface area (Å²) in [4.78, 5) is 12.2. The molecule has 2 N–H and O–H groups in total. The Morgan fingerprint density at radius 2 is 1.10 bits per heavy atom. The first kappa shape index (κ1) is 30.0. The highest BCUT2D eigenvalue weighted by molar-refractivity contribution is 14.1. The lowest BCUT2D eigenvalue weighted by atomic mass is 9.94. The van der Waals surface area contributed by atoms with E-state index in [0.29, 0.717) is 5.92 Å². The summed E-state index contributed by atoms with van der Waals surface area (Å²) in [6.07, 6.45) is 25.1. The number of carbonyl (C=O) groups excluding carboxylic acids is 1. The summed E-state index contributed by atoms with van der Waals surface area (Å²) in [5.74, 6) is 0.654. The molecule has 0 saturated carbocycles. The normalized spacial score (nSPS) is 12.1. The Balaban J connectivity index is 3.82. The fourth-order valence-electron chi connectivity index (χ4n) is 4.03. The van der Waals surface area contributed by atoms with Gasteiger partial charge in [-0.25, -0.2) is 4.79 Å². The second kappa shape index (κ2) is 25.3. The third kappa shape index (κ3) is 22.7. The Bertz CT molecular complexity index is 352. The van der Waals surface area contributed by atoms with E-state index in [0.717, 1.165) is 19.5 Å². The SMILES string of the molecule is CCCCCCCCC(CCCCCC)CNC(=O)NCCCCCCCCCI. The summed E-state index contributed by atoms with van der Waals surface area (Å²) >= 11 is 2.46. The zero-order chi connectivity index (χ0) is 22.1. The van der Waals surface area contributed by atoms with Crippen molar-refractivity contribution >= 4 is 28.6 Å². The van der Waals surface area contributed by atoms with Gasteiger partial charge in [0.05, 0.1) is 0 Å².